The molecule has 1 aromatic rings. The van der Waals surface area contributed by atoms with Crippen LogP contribution in [0.25, 0.3) is 0 Å². The van der Waals surface area contributed by atoms with Gasteiger partial charge in [0.2, 0.25) is 0 Å². The molecule has 1 fully saturated rings. The number of aromatic nitrogens is 2. The van der Waals surface area contributed by atoms with Gasteiger partial charge in [-0.25, -0.2) is 0 Å². The van der Waals surface area contributed by atoms with E-state index in [1.54, 1.807) is 19.0 Å². The number of carbonyl (C=O) groups is 1. The minimum atomic E-state index is -0.318. The number of nitrogens with zero attached hydrogens (tertiary/aromatic N) is 4. The van der Waals surface area contributed by atoms with Gasteiger partial charge < -0.3 is 15.1 Å². The number of nitrogens with one attached hydrogen (secondary N) is 1. The van der Waals surface area contributed by atoms with Gasteiger partial charge in [0.15, 0.2) is 5.11 Å². The van der Waals surface area contributed by atoms with Crippen LogP contribution < -0.4 is 5.32 Å². The molecule has 1 N–H and O–H groups in total. The maximum absolute atomic E-state index is 12.6. The molecule has 1 saturated carbocycles. The van der Waals surface area contributed by atoms with Crippen molar-refractivity contribution in [2.75, 3.05) is 14.1 Å². The molecule has 0 saturated heterocycles. The van der Waals surface area contributed by atoms with E-state index in [1.165, 1.54) is 11.5 Å². The Balaban J connectivity index is 2.07. The van der Waals surface area contributed by atoms with E-state index in [4.69, 9.17) is 12.2 Å². The van der Waals surface area contributed by atoms with E-state index in [0.717, 1.165) is 24.2 Å². The summed E-state index contributed by atoms with van der Waals surface area (Å²) in [4.78, 5) is 16.3. The SMILES string of the molecule is CC1=C(C(=O)N(C)C)C(c2csnn2)NC(=S)N1C1CC1. The van der Waals surface area contributed by atoms with Crippen molar-refractivity contribution in [3.05, 3.63) is 22.3 Å². The van der Waals surface area contributed by atoms with Crippen molar-refractivity contribution in [3.8, 4) is 0 Å². The van der Waals surface area contributed by atoms with Crippen LogP contribution in [-0.2, 0) is 4.79 Å². The molecule has 1 aliphatic heterocycles. The highest BCUT2D eigenvalue weighted by molar-refractivity contribution is 7.80. The Labute approximate surface area is 133 Å². The number of likely N-dealkylation sites (N-methyl/N-ethyl adjacent to an activating group) is 1. The van der Waals surface area contributed by atoms with Gasteiger partial charge in [-0.15, -0.1) is 5.10 Å². The molecular formula is C13H17N5OS2. The van der Waals surface area contributed by atoms with Crippen molar-refractivity contribution in [1.29, 1.82) is 0 Å². The molecule has 6 nitrogen and oxygen atoms in total. The van der Waals surface area contributed by atoms with Crippen LogP contribution in [0.1, 0.15) is 31.5 Å². The van der Waals surface area contributed by atoms with Gasteiger partial charge in [-0.1, -0.05) is 4.49 Å². The first-order chi connectivity index (χ1) is 10.0. The first-order valence-corrected chi connectivity index (χ1v) is 8.04. The topological polar surface area (TPSA) is 61.4 Å². The highest BCUT2D eigenvalue weighted by atomic mass is 32.1. The van der Waals surface area contributed by atoms with Crippen molar-refractivity contribution in [3.63, 3.8) is 0 Å². The van der Waals surface area contributed by atoms with Crippen molar-refractivity contribution in [2.24, 2.45) is 0 Å². The zero-order valence-electron chi connectivity index (χ0n) is 12.2. The fraction of sp³-hybridized carbons (Fsp3) is 0.538. The van der Waals surface area contributed by atoms with Gasteiger partial charge in [-0.05, 0) is 43.5 Å². The summed E-state index contributed by atoms with van der Waals surface area (Å²) in [5.41, 5.74) is 2.37. The van der Waals surface area contributed by atoms with E-state index in [-0.39, 0.29) is 11.9 Å². The molecule has 1 aromatic heterocycles. The fourth-order valence-corrected chi connectivity index (χ4v) is 3.45. The summed E-state index contributed by atoms with van der Waals surface area (Å²) in [6.07, 6.45) is 2.23. The third-order valence-electron chi connectivity index (χ3n) is 3.75. The van der Waals surface area contributed by atoms with Gasteiger partial charge in [0.1, 0.15) is 11.7 Å². The van der Waals surface area contributed by atoms with Gasteiger partial charge in [-0.2, -0.15) is 0 Å². The number of amides is 1. The summed E-state index contributed by atoms with van der Waals surface area (Å²) in [5, 5.41) is 9.89. The second-order valence-electron chi connectivity index (χ2n) is 5.51. The quantitative estimate of drug-likeness (QED) is 0.846. The Morgan fingerprint density at radius 1 is 1.52 bits per heavy atom. The molecule has 1 unspecified atom stereocenters. The van der Waals surface area contributed by atoms with Crippen LogP contribution in [0.3, 0.4) is 0 Å². The normalized spacial score (nSPS) is 22.3. The zero-order valence-corrected chi connectivity index (χ0v) is 13.8. The zero-order chi connectivity index (χ0) is 15.1. The van der Waals surface area contributed by atoms with Crippen molar-refractivity contribution in [2.45, 2.75) is 31.8 Å². The molecule has 0 aromatic carbocycles. The highest BCUT2D eigenvalue weighted by Crippen LogP contribution is 2.37. The van der Waals surface area contributed by atoms with Crippen molar-refractivity contribution >= 4 is 34.8 Å². The Kier molecular flexibility index (Phi) is 3.66. The van der Waals surface area contributed by atoms with E-state index >= 15 is 0 Å². The Bertz CT molecular complexity index is 606. The lowest BCUT2D eigenvalue weighted by Gasteiger charge is -2.37. The summed E-state index contributed by atoms with van der Waals surface area (Å²) in [6.45, 7) is 1.97. The predicted molar refractivity (Wildman–Crippen MR) is 84.6 cm³/mol. The fourth-order valence-electron chi connectivity index (χ4n) is 2.57. The number of carbonyl (C=O) groups excluding carboxylic acids is 1. The van der Waals surface area contributed by atoms with E-state index in [2.05, 4.69) is 19.8 Å². The van der Waals surface area contributed by atoms with Crippen LogP contribution >= 0.6 is 23.8 Å². The highest BCUT2D eigenvalue weighted by Gasteiger charge is 2.41. The van der Waals surface area contributed by atoms with E-state index in [0.29, 0.717) is 16.7 Å². The molecule has 2 aliphatic rings. The number of hydrogen-bond acceptors (Lipinski definition) is 5. The predicted octanol–water partition coefficient (Wildman–Crippen LogP) is 1.29. The minimum absolute atomic E-state index is 0.0221. The maximum atomic E-state index is 12.6. The number of hydrogen-bond donors (Lipinski definition) is 1. The summed E-state index contributed by atoms with van der Waals surface area (Å²) in [5.74, 6) is -0.0221. The number of thiocarbonyl (C=S) groups is 1. The lowest BCUT2D eigenvalue weighted by atomic mass is 9.98. The Morgan fingerprint density at radius 3 is 2.76 bits per heavy atom. The van der Waals surface area contributed by atoms with E-state index < -0.39 is 0 Å². The first kappa shape index (κ1) is 14.4. The molecule has 21 heavy (non-hydrogen) atoms. The molecule has 0 bridgehead atoms. The molecular weight excluding hydrogens is 306 g/mol. The Morgan fingerprint density at radius 2 is 2.24 bits per heavy atom. The average Bonchev–Trinajstić information content (AvgIpc) is 3.10. The van der Waals surface area contributed by atoms with Gasteiger partial charge in [-0.3, -0.25) is 4.79 Å². The average molecular weight is 323 g/mol. The molecule has 8 heteroatoms. The lowest BCUT2D eigenvalue weighted by molar-refractivity contribution is -0.125. The van der Waals surface area contributed by atoms with E-state index in [9.17, 15) is 4.79 Å². The second kappa shape index (κ2) is 5.34. The molecule has 1 atom stereocenters. The summed E-state index contributed by atoms with van der Waals surface area (Å²) < 4.78 is 3.90. The number of rotatable bonds is 3. The van der Waals surface area contributed by atoms with Crippen LogP contribution in [-0.4, -0.2) is 50.5 Å². The van der Waals surface area contributed by atoms with Gasteiger partial charge in [0.05, 0.1) is 5.57 Å². The molecule has 0 radical (unpaired) electrons. The molecule has 1 amide bonds. The van der Waals surface area contributed by atoms with Crippen LogP contribution in [0.4, 0.5) is 0 Å². The van der Waals surface area contributed by atoms with Crippen LogP contribution in [0.15, 0.2) is 16.7 Å². The third kappa shape index (κ3) is 2.53. The lowest BCUT2D eigenvalue weighted by Crippen LogP contribution is -2.49. The van der Waals surface area contributed by atoms with Crippen molar-refractivity contribution in [1.82, 2.24) is 24.7 Å². The molecule has 0 spiro atoms. The third-order valence-corrected chi connectivity index (χ3v) is 4.59. The van der Waals surface area contributed by atoms with Gasteiger partial charge in [0.25, 0.3) is 5.91 Å². The van der Waals surface area contributed by atoms with Gasteiger partial charge >= 0.3 is 0 Å². The van der Waals surface area contributed by atoms with Crippen molar-refractivity contribution < 1.29 is 4.79 Å². The molecule has 112 valence electrons. The van der Waals surface area contributed by atoms with Gasteiger partial charge in [0, 0.05) is 31.2 Å². The molecule has 1 aliphatic carbocycles. The Hall–Kier alpha value is -1.54. The largest absolute Gasteiger partial charge is 0.349 e. The summed E-state index contributed by atoms with van der Waals surface area (Å²) in [6, 6.07) is 0.102. The molecule has 2 heterocycles. The second-order valence-corrected chi connectivity index (χ2v) is 6.51. The van der Waals surface area contributed by atoms with Crippen LogP contribution in [0, 0.1) is 0 Å². The summed E-state index contributed by atoms with van der Waals surface area (Å²) in [7, 11) is 3.51. The minimum Gasteiger partial charge on any atom is -0.349 e. The monoisotopic (exact) mass is 323 g/mol. The molecule has 3 rings (SSSR count). The van der Waals surface area contributed by atoms with Crippen LogP contribution in [0.5, 0.6) is 0 Å². The smallest absolute Gasteiger partial charge is 0.253 e. The van der Waals surface area contributed by atoms with E-state index in [1.807, 2.05) is 12.3 Å². The number of allylic oxidation sites excluding steroid dienone is 1. The summed E-state index contributed by atoms with van der Waals surface area (Å²) >= 11 is 6.76. The van der Waals surface area contributed by atoms with Crippen LogP contribution in [0.2, 0.25) is 0 Å². The first-order valence-electron chi connectivity index (χ1n) is 6.79. The standard InChI is InChI=1S/C13H17N5OS2/c1-7-10(12(19)17(2)3)11(9-6-21-16-15-9)14-13(20)18(7)8-4-5-8/h6,8,11H,4-5H2,1-3H3,(H,14,20). The maximum Gasteiger partial charge on any atom is 0.253 e.